The summed E-state index contributed by atoms with van der Waals surface area (Å²) in [6.45, 7) is 4.63. The molecular weight excluding hydrogens is 316 g/mol. The molecule has 0 saturated carbocycles. The maximum atomic E-state index is 11.6. The number of carbonyl (C=O) groups excluding carboxylic acids is 1. The molecule has 0 radical (unpaired) electrons. The number of ether oxygens (including phenoxy) is 1. The molecule has 25 heavy (non-hydrogen) atoms. The second-order valence-corrected chi connectivity index (χ2v) is 6.61. The molecule has 0 bridgehead atoms. The molecule has 0 amide bonds. The number of carboxylic acid groups (broad SMARTS) is 1. The van der Waals surface area contributed by atoms with Crippen LogP contribution in [0.25, 0.3) is 0 Å². The Morgan fingerprint density at radius 3 is 2.16 bits per heavy atom. The van der Waals surface area contributed by atoms with Crippen LogP contribution >= 0.6 is 0 Å². The van der Waals surface area contributed by atoms with Gasteiger partial charge in [0.2, 0.25) is 0 Å². The third-order valence-corrected chi connectivity index (χ3v) is 4.39. The van der Waals surface area contributed by atoms with E-state index in [1.807, 2.05) is 6.92 Å². The standard InChI is InChI=1S/C21H32O4/c1-3-5-16-25-20(22)15-14-19(21(23)24)9-6-8-18-12-10-17(7-4-2)11-13-18/h10-13,19H,3-9,14-16H2,1-2H3,(H,23,24)/t19-/m1/s1. The topological polar surface area (TPSA) is 63.6 Å². The summed E-state index contributed by atoms with van der Waals surface area (Å²) in [7, 11) is 0. The van der Waals surface area contributed by atoms with Crippen molar-refractivity contribution in [2.24, 2.45) is 5.92 Å². The van der Waals surface area contributed by atoms with Crippen LogP contribution in [-0.4, -0.2) is 23.7 Å². The number of hydrogen-bond donors (Lipinski definition) is 1. The van der Waals surface area contributed by atoms with Gasteiger partial charge in [-0.2, -0.15) is 0 Å². The highest BCUT2D eigenvalue weighted by Crippen LogP contribution is 2.17. The van der Waals surface area contributed by atoms with Gasteiger partial charge >= 0.3 is 11.9 Å². The Hall–Kier alpha value is -1.84. The van der Waals surface area contributed by atoms with Crippen LogP contribution in [0.2, 0.25) is 0 Å². The van der Waals surface area contributed by atoms with Crippen molar-refractivity contribution in [3.63, 3.8) is 0 Å². The Balaban J connectivity index is 2.32. The zero-order valence-corrected chi connectivity index (χ0v) is 15.6. The number of carbonyl (C=O) groups is 2. The smallest absolute Gasteiger partial charge is 0.306 e. The van der Waals surface area contributed by atoms with E-state index in [-0.39, 0.29) is 12.4 Å². The van der Waals surface area contributed by atoms with Crippen LogP contribution in [0.5, 0.6) is 0 Å². The van der Waals surface area contributed by atoms with Crippen LogP contribution in [0.15, 0.2) is 24.3 Å². The molecule has 0 saturated heterocycles. The normalized spacial score (nSPS) is 11.9. The van der Waals surface area contributed by atoms with Crippen molar-refractivity contribution >= 4 is 11.9 Å². The lowest BCUT2D eigenvalue weighted by Crippen LogP contribution is -2.16. The molecule has 1 rings (SSSR count). The number of aryl methyl sites for hydroxylation is 2. The molecule has 0 aliphatic carbocycles. The first-order valence-electron chi connectivity index (χ1n) is 9.53. The fourth-order valence-corrected chi connectivity index (χ4v) is 2.80. The van der Waals surface area contributed by atoms with Crippen molar-refractivity contribution in [1.29, 1.82) is 0 Å². The summed E-state index contributed by atoms with van der Waals surface area (Å²) >= 11 is 0. The average molecular weight is 348 g/mol. The van der Waals surface area contributed by atoms with E-state index in [2.05, 4.69) is 31.2 Å². The molecule has 1 aromatic rings. The Kier molecular flexibility index (Phi) is 10.6. The number of carboxylic acids is 1. The highest BCUT2D eigenvalue weighted by atomic mass is 16.5. The summed E-state index contributed by atoms with van der Waals surface area (Å²) in [5, 5.41) is 9.34. The van der Waals surface area contributed by atoms with Gasteiger partial charge < -0.3 is 9.84 Å². The van der Waals surface area contributed by atoms with E-state index in [1.54, 1.807) is 0 Å². The third-order valence-electron chi connectivity index (χ3n) is 4.39. The molecule has 0 unspecified atom stereocenters. The molecule has 1 N–H and O–H groups in total. The summed E-state index contributed by atoms with van der Waals surface area (Å²) < 4.78 is 5.09. The molecule has 1 aromatic carbocycles. The van der Waals surface area contributed by atoms with E-state index >= 15 is 0 Å². The van der Waals surface area contributed by atoms with Gasteiger partial charge in [-0.25, -0.2) is 0 Å². The molecule has 1 atom stereocenters. The second-order valence-electron chi connectivity index (χ2n) is 6.61. The molecule has 0 spiro atoms. The molecule has 140 valence electrons. The zero-order valence-electron chi connectivity index (χ0n) is 15.6. The Morgan fingerprint density at radius 1 is 0.960 bits per heavy atom. The first kappa shape index (κ1) is 21.2. The largest absolute Gasteiger partial charge is 0.481 e. The van der Waals surface area contributed by atoms with Gasteiger partial charge in [-0.1, -0.05) is 51.0 Å². The molecular formula is C21H32O4. The SMILES string of the molecule is CCCCOC(=O)CC[C@@H](CCCc1ccc(CCC)cc1)C(=O)O. The molecule has 0 aliphatic heterocycles. The molecule has 0 fully saturated rings. The van der Waals surface area contributed by atoms with E-state index in [1.165, 1.54) is 11.1 Å². The number of benzene rings is 1. The van der Waals surface area contributed by atoms with Crippen molar-refractivity contribution in [3.05, 3.63) is 35.4 Å². The lowest BCUT2D eigenvalue weighted by molar-refractivity contribution is -0.145. The number of esters is 1. The number of hydrogen-bond acceptors (Lipinski definition) is 3. The average Bonchev–Trinajstić information content (AvgIpc) is 2.59. The minimum Gasteiger partial charge on any atom is -0.481 e. The maximum Gasteiger partial charge on any atom is 0.306 e. The number of rotatable bonds is 13. The summed E-state index contributed by atoms with van der Waals surface area (Å²) in [6, 6.07) is 8.57. The van der Waals surface area contributed by atoms with E-state index in [4.69, 9.17) is 4.74 Å². The molecule has 0 heterocycles. The van der Waals surface area contributed by atoms with Crippen molar-refractivity contribution in [1.82, 2.24) is 0 Å². The van der Waals surface area contributed by atoms with Crippen LogP contribution in [-0.2, 0) is 27.2 Å². The van der Waals surface area contributed by atoms with Crippen LogP contribution in [0, 0.1) is 5.92 Å². The fourth-order valence-electron chi connectivity index (χ4n) is 2.80. The maximum absolute atomic E-state index is 11.6. The van der Waals surface area contributed by atoms with E-state index in [9.17, 15) is 14.7 Å². The van der Waals surface area contributed by atoms with E-state index < -0.39 is 11.9 Å². The van der Waals surface area contributed by atoms with Gasteiger partial charge in [0.15, 0.2) is 0 Å². The fraction of sp³-hybridized carbons (Fsp3) is 0.619. The van der Waals surface area contributed by atoms with Gasteiger partial charge in [0.05, 0.1) is 12.5 Å². The molecule has 0 aliphatic rings. The summed E-state index contributed by atoms with van der Waals surface area (Å²) in [5.41, 5.74) is 2.58. The summed E-state index contributed by atoms with van der Waals surface area (Å²) in [4.78, 5) is 23.0. The predicted molar refractivity (Wildman–Crippen MR) is 99.6 cm³/mol. The van der Waals surface area contributed by atoms with E-state index in [0.717, 1.165) is 38.5 Å². The second kappa shape index (κ2) is 12.5. The minimum absolute atomic E-state index is 0.187. The Morgan fingerprint density at radius 2 is 1.60 bits per heavy atom. The lowest BCUT2D eigenvalue weighted by atomic mass is 9.95. The predicted octanol–water partition coefficient (Wildman–Crippen LogP) is 4.79. The molecule has 0 aromatic heterocycles. The first-order valence-corrected chi connectivity index (χ1v) is 9.53. The van der Waals surface area contributed by atoms with Gasteiger partial charge in [0.25, 0.3) is 0 Å². The summed E-state index contributed by atoms with van der Waals surface area (Å²) in [6.07, 6.45) is 6.88. The van der Waals surface area contributed by atoms with Crippen molar-refractivity contribution in [2.45, 2.75) is 71.6 Å². The van der Waals surface area contributed by atoms with Gasteiger partial charge in [-0.15, -0.1) is 0 Å². The highest BCUT2D eigenvalue weighted by Gasteiger charge is 2.19. The number of unbranched alkanes of at least 4 members (excludes halogenated alkanes) is 1. The Bertz CT molecular complexity index is 507. The van der Waals surface area contributed by atoms with Crippen LogP contribution in [0.1, 0.15) is 69.9 Å². The monoisotopic (exact) mass is 348 g/mol. The number of aliphatic carboxylic acids is 1. The van der Waals surface area contributed by atoms with Crippen LogP contribution in [0.4, 0.5) is 0 Å². The van der Waals surface area contributed by atoms with Crippen molar-refractivity contribution in [2.75, 3.05) is 6.61 Å². The first-order chi connectivity index (χ1) is 12.1. The van der Waals surface area contributed by atoms with Crippen molar-refractivity contribution < 1.29 is 19.4 Å². The van der Waals surface area contributed by atoms with Gasteiger partial charge in [-0.3, -0.25) is 9.59 Å². The zero-order chi connectivity index (χ0) is 18.5. The summed E-state index contributed by atoms with van der Waals surface area (Å²) in [5.74, 6) is -1.58. The van der Waals surface area contributed by atoms with Gasteiger partial charge in [0.1, 0.15) is 0 Å². The van der Waals surface area contributed by atoms with Crippen molar-refractivity contribution in [3.8, 4) is 0 Å². The quantitative estimate of drug-likeness (QED) is 0.411. The lowest BCUT2D eigenvalue weighted by Gasteiger charge is -2.12. The van der Waals surface area contributed by atoms with Crippen LogP contribution in [0.3, 0.4) is 0 Å². The van der Waals surface area contributed by atoms with Gasteiger partial charge in [-0.05, 0) is 49.7 Å². The Labute approximate surface area is 151 Å². The van der Waals surface area contributed by atoms with Gasteiger partial charge in [0, 0.05) is 6.42 Å². The third kappa shape index (κ3) is 9.28. The van der Waals surface area contributed by atoms with Crippen LogP contribution < -0.4 is 0 Å². The molecule has 4 heteroatoms. The van der Waals surface area contributed by atoms with E-state index in [0.29, 0.717) is 19.4 Å². The highest BCUT2D eigenvalue weighted by molar-refractivity contribution is 5.73. The molecule has 4 nitrogen and oxygen atoms in total. The minimum atomic E-state index is -0.820.